The van der Waals surface area contributed by atoms with Gasteiger partial charge < -0.3 is 15.5 Å². The fourth-order valence-corrected chi connectivity index (χ4v) is 2.26. The van der Waals surface area contributed by atoms with E-state index in [1.165, 1.54) is 11.8 Å². The second-order valence-electron chi connectivity index (χ2n) is 3.95. The van der Waals surface area contributed by atoms with Crippen molar-refractivity contribution in [2.45, 2.75) is 18.2 Å². The Hall–Kier alpha value is -1.53. The number of thioether (sulfide) groups is 1. The van der Waals surface area contributed by atoms with Gasteiger partial charge in [0.1, 0.15) is 6.04 Å². The Labute approximate surface area is 116 Å². The molecule has 0 fully saturated rings. The van der Waals surface area contributed by atoms with Crippen molar-refractivity contribution >= 4 is 23.6 Å². The van der Waals surface area contributed by atoms with Gasteiger partial charge in [-0.1, -0.05) is 30.3 Å². The second kappa shape index (κ2) is 8.55. The van der Waals surface area contributed by atoms with Crippen LogP contribution in [0.2, 0.25) is 0 Å². The lowest BCUT2D eigenvalue weighted by atomic mass is 10.2. The maximum atomic E-state index is 11.5. The number of aliphatic hydroxyl groups is 1. The molecular formula is C13H17NO4S. The number of aliphatic hydroxyl groups excluding tert-OH is 1. The van der Waals surface area contributed by atoms with Crippen LogP contribution in [0.15, 0.2) is 30.3 Å². The van der Waals surface area contributed by atoms with Crippen molar-refractivity contribution in [3.63, 3.8) is 0 Å². The van der Waals surface area contributed by atoms with E-state index in [1.807, 2.05) is 30.3 Å². The largest absolute Gasteiger partial charge is 0.480 e. The molecule has 3 N–H and O–H groups in total. The maximum absolute atomic E-state index is 11.5. The Bertz CT molecular complexity index is 410. The zero-order valence-corrected chi connectivity index (χ0v) is 11.2. The van der Waals surface area contributed by atoms with E-state index < -0.39 is 12.0 Å². The number of carbonyl (C=O) groups excluding carboxylic acids is 1. The smallest absolute Gasteiger partial charge is 0.326 e. The highest BCUT2D eigenvalue weighted by Crippen LogP contribution is 2.11. The zero-order chi connectivity index (χ0) is 14.1. The fourth-order valence-electron chi connectivity index (χ4n) is 1.46. The lowest BCUT2D eigenvalue weighted by Crippen LogP contribution is -2.42. The predicted octanol–water partition coefficient (Wildman–Crippen LogP) is 0.872. The number of benzene rings is 1. The molecule has 1 amide bonds. The number of aliphatic carboxylic acids is 1. The minimum absolute atomic E-state index is 0.0183. The van der Waals surface area contributed by atoms with Crippen LogP contribution in [0, 0.1) is 0 Å². The van der Waals surface area contributed by atoms with E-state index in [-0.39, 0.29) is 24.7 Å². The van der Waals surface area contributed by atoms with Crippen LogP contribution in [-0.4, -0.2) is 40.5 Å². The quantitative estimate of drug-likeness (QED) is 0.659. The van der Waals surface area contributed by atoms with Crippen LogP contribution >= 0.6 is 11.8 Å². The van der Waals surface area contributed by atoms with Crippen LogP contribution < -0.4 is 5.32 Å². The summed E-state index contributed by atoms with van der Waals surface area (Å²) in [7, 11) is 0. The molecule has 19 heavy (non-hydrogen) atoms. The van der Waals surface area contributed by atoms with Crippen LogP contribution in [0.4, 0.5) is 0 Å². The summed E-state index contributed by atoms with van der Waals surface area (Å²) in [6.07, 6.45) is 0.0183. The van der Waals surface area contributed by atoms with Crippen molar-refractivity contribution in [1.82, 2.24) is 5.32 Å². The SMILES string of the molecule is O=C(CSCc1ccccc1)N[C@@H](CCO)C(=O)O. The third kappa shape index (κ3) is 6.26. The van der Waals surface area contributed by atoms with Gasteiger partial charge in [0.15, 0.2) is 0 Å². The summed E-state index contributed by atoms with van der Waals surface area (Å²) in [4.78, 5) is 22.3. The molecule has 1 aromatic rings. The summed E-state index contributed by atoms with van der Waals surface area (Å²) in [5.74, 6) is -0.562. The molecule has 0 aliphatic rings. The number of hydrogen-bond acceptors (Lipinski definition) is 4. The average molecular weight is 283 g/mol. The van der Waals surface area contributed by atoms with E-state index in [0.717, 1.165) is 5.56 Å². The monoisotopic (exact) mass is 283 g/mol. The molecule has 0 heterocycles. The third-order valence-corrected chi connectivity index (χ3v) is 3.40. The standard InChI is InChI=1S/C13H17NO4S/c15-7-6-11(13(17)18)14-12(16)9-19-8-10-4-2-1-3-5-10/h1-5,11,15H,6-9H2,(H,14,16)(H,17,18)/t11-/m0/s1. The van der Waals surface area contributed by atoms with Crippen molar-refractivity contribution < 1.29 is 19.8 Å². The molecule has 0 unspecified atom stereocenters. The summed E-state index contributed by atoms with van der Waals surface area (Å²) in [5, 5.41) is 19.9. The summed E-state index contributed by atoms with van der Waals surface area (Å²) < 4.78 is 0. The summed E-state index contributed by atoms with van der Waals surface area (Å²) >= 11 is 1.42. The number of hydrogen-bond donors (Lipinski definition) is 3. The van der Waals surface area contributed by atoms with Gasteiger partial charge in [-0.25, -0.2) is 4.79 Å². The van der Waals surface area contributed by atoms with E-state index in [9.17, 15) is 9.59 Å². The van der Waals surface area contributed by atoms with E-state index in [0.29, 0.717) is 5.75 Å². The Morgan fingerprint density at radius 1 is 1.26 bits per heavy atom. The van der Waals surface area contributed by atoms with Crippen LogP contribution in [0.3, 0.4) is 0 Å². The summed E-state index contributed by atoms with van der Waals surface area (Å²) in [5.41, 5.74) is 1.12. The molecule has 0 spiro atoms. The molecule has 0 saturated carbocycles. The number of carboxylic acids is 1. The van der Waals surface area contributed by atoms with Gasteiger partial charge in [-0.3, -0.25) is 4.79 Å². The van der Waals surface area contributed by atoms with Crippen molar-refractivity contribution in [2.75, 3.05) is 12.4 Å². The molecule has 0 radical (unpaired) electrons. The fraction of sp³-hybridized carbons (Fsp3) is 0.385. The van der Waals surface area contributed by atoms with Crippen LogP contribution in [0.25, 0.3) is 0 Å². The molecule has 0 aliphatic carbocycles. The Balaban J connectivity index is 2.29. The van der Waals surface area contributed by atoms with Gasteiger partial charge in [0.2, 0.25) is 5.91 Å². The van der Waals surface area contributed by atoms with Gasteiger partial charge in [-0.05, 0) is 5.56 Å². The molecule has 1 rings (SSSR count). The molecule has 0 aliphatic heterocycles. The van der Waals surface area contributed by atoms with Crippen LogP contribution in [0.1, 0.15) is 12.0 Å². The van der Waals surface area contributed by atoms with Gasteiger partial charge in [0, 0.05) is 18.8 Å². The maximum Gasteiger partial charge on any atom is 0.326 e. The Morgan fingerprint density at radius 3 is 2.53 bits per heavy atom. The van der Waals surface area contributed by atoms with E-state index >= 15 is 0 Å². The molecule has 1 aromatic carbocycles. The van der Waals surface area contributed by atoms with Gasteiger partial charge in [0.05, 0.1) is 5.75 Å². The van der Waals surface area contributed by atoms with Crippen molar-refractivity contribution in [1.29, 1.82) is 0 Å². The van der Waals surface area contributed by atoms with Crippen LogP contribution in [0.5, 0.6) is 0 Å². The molecule has 0 aromatic heterocycles. The lowest BCUT2D eigenvalue weighted by Gasteiger charge is -2.12. The predicted molar refractivity (Wildman–Crippen MR) is 73.9 cm³/mol. The number of amides is 1. The molecular weight excluding hydrogens is 266 g/mol. The Morgan fingerprint density at radius 2 is 1.95 bits per heavy atom. The highest BCUT2D eigenvalue weighted by molar-refractivity contribution is 7.99. The van der Waals surface area contributed by atoms with Crippen LogP contribution in [-0.2, 0) is 15.3 Å². The molecule has 104 valence electrons. The third-order valence-electron chi connectivity index (χ3n) is 2.40. The highest BCUT2D eigenvalue weighted by Gasteiger charge is 2.18. The minimum atomic E-state index is -1.13. The summed E-state index contributed by atoms with van der Waals surface area (Å²) in [6, 6.07) is 8.70. The van der Waals surface area contributed by atoms with E-state index in [2.05, 4.69) is 5.32 Å². The van der Waals surface area contributed by atoms with Crippen molar-refractivity contribution in [3.05, 3.63) is 35.9 Å². The Kier molecular flexibility index (Phi) is 6.99. The van der Waals surface area contributed by atoms with E-state index in [4.69, 9.17) is 10.2 Å². The number of nitrogens with one attached hydrogen (secondary N) is 1. The van der Waals surface area contributed by atoms with Gasteiger partial charge >= 0.3 is 5.97 Å². The first-order valence-corrected chi connectivity index (χ1v) is 7.03. The minimum Gasteiger partial charge on any atom is -0.480 e. The lowest BCUT2D eigenvalue weighted by molar-refractivity contribution is -0.141. The average Bonchev–Trinajstić information content (AvgIpc) is 2.39. The first-order chi connectivity index (χ1) is 9.13. The van der Waals surface area contributed by atoms with Gasteiger partial charge in [0.25, 0.3) is 0 Å². The summed E-state index contributed by atoms with van der Waals surface area (Å²) in [6.45, 7) is -0.269. The molecule has 5 nitrogen and oxygen atoms in total. The van der Waals surface area contributed by atoms with Gasteiger partial charge in [-0.15, -0.1) is 11.8 Å². The number of carbonyl (C=O) groups is 2. The van der Waals surface area contributed by atoms with Gasteiger partial charge in [-0.2, -0.15) is 0 Å². The first kappa shape index (κ1) is 15.5. The molecule has 1 atom stereocenters. The molecule has 0 saturated heterocycles. The normalized spacial score (nSPS) is 11.8. The molecule has 6 heteroatoms. The number of carboxylic acid groups (broad SMARTS) is 1. The first-order valence-electron chi connectivity index (χ1n) is 5.88. The second-order valence-corrected chi connectivity index (χ2v) is 4.93. The van der Waals surface area contributed by atoms with Crippen molar-refractivity contribution in [2.24, 2.45) is 0 Å². The topological polar surface area (TPSA) is 86.6 Å². The number of rotatable bonds is 8. The van der Waals surface area contributed by atoms with E-state index in [1.54, 1.807) is 0 Å². The zero-order valence-electron chi connectivity index (χ0n) is 10.4. The highest BCUT2D eigenvalue weighted by atomic mass is 32.2. The molecule has 0 bridgehead atoms. The van der Waals surface area contributed by atoms with Crippen molar-refractivity contribution in [3.8, 4) is 0 Å².